The van der Waals surface area contributed by atoms with Gasteiger partial charge in [-0.1, -0.05) is 51.2 Å². The van der Waals surface area contributed by atoms with Crippen molar-refractivity contribution in [1.82, 2.24) is 4.90 Å². The number of allylic oxidation sites excluding steroid dienone is 2. The van der Waals surface area contributed by atoms with Crippen molar-refractivity contribution in [2.45, 2.75) is 96.8 Å². The van der Waals surface area contributed by atoms with Crippen molar-refractivity contribution in [3.8, 4) is 0 Å². The van der Waals surface area contributed by atoms with Crippen molar-refractivity contribution in [3.63, 3.8) is 0 Å². The van der Waals surface area contributed by atoms with E-state index in [1.54, 1.807) is 0 Å². The molecular formula is C19H37N3. The number of hydrogen-bond donors (Lipinski definition) is 1. The Balaban J connectivity index is 1.90. The Morgan fingerprint density at radius 3 is 2.36 bits per heavy atom. The molecule has 0 spiro atoms. The molecule has 2 N–H and O–H groups in total. The summed E-state index contributed by atoms with van der Waals surface area (Å²) in [5.74, 6) is 0. The van der Waals surface area contributed by atoms with Crippen LogP contribution in [0.1, 0.15) is 84.5 Å². The third-order valence-electron chi connectivity index (χ3n) is 4.45. The molecule has 1 heterocycles. The Labute approximate surface area is 138 Å². The molecule has 1 aliphatic rings. The largest absolute Gasteiger partial charge is 0.316 e. The Kier molecular flexibility index (Phi) is 11.3. The van der Waals surface area contributed by atoms with Gasteiger partial charge in [0.25, 0.3) is 0 Å². The van der Waals surface area contributed by atoms with Crippen LogP contribution in [0.5, 0.6) is 0 Å². The number of aliphatic imine (C=N–C) groups is 1. The van der Waals surface area contributed by atoms with Gasteiger partial charge in [0.1, 0.15) is 6.17 Å². The van der Waals surface area contributed by atoms with Gasteiger partial charge in [-0.2, -0.15) is 0 Å². The lowest BCUT2D eigenvalue weighted by molar-refractivity contribution is 0.182. The minimum absolute atomic E-state index is 0.118. The van der Waals surface area contributed by atoms with E-state index in [1.165, 1.54) is 64.2 Å². The normalized spacial score (nSPS) is 20.2. The Morgan fingerprint density at radius 1 is 1.09 bits per heavy atom. The second kappa shape index (κ2) is 12.8. The molecule has 0 aromatic heterocycles. The van der Waals surface area contributed by atoms with Crippen LogP contribution in [-0.2, 0) is 0 Å². The van der Waals surface area contributed by atoms with E-state index >= 15 is 0 Å². The molecule has 128 valence electrons. The second-order valence-electron chi connectivity index (χ2n) is 6.56. The quantitative estimate of drug-likeness (QED) is 0.389. The molecule has 0 fully saturated rings. The molecule has 0 bridgehead atoms. The summed E-state index contributed by atoms with van der Waals surface area (Å²) in [5, 5.41) is 0. The van der Waals surface area contributed by atoms with Crippen molar-refractivity contribution in [1.29, 1.82) is 0 Å². The third-order valence-corrected chi connectivity index (χ3v) is 4.45. The minimum atomic E-state index is 0.118. The summed E-state index contributed by atoms with van der Waals surface area (Å²) in [7, 11) is 0. The first kappa shape index (κ1) is 19.4. The van der Waals surface area contributed by atoms with Gasteiger partial charge in [-0.15, -0.1) is 0 Å². The fraction of sp³-hybridized carbons (Fsp3) is 0.842. The lowest BCUT2D eigenvalue weighted by atomic mass is 10.1. The van der Waals surface area contributed by atoms with E-state index in [9.17, 15) is 0 Å². The van der Waals surface area contributed by atoms with Crippen LogP contribution in [0.4, 0.5) is 0 Å². The summed E-state index contributed by atoms with van der Waals surface area (Å²) in [6.07, 6.45) is 21.7. The van der Waals surface area contributed by atoms with Gasteiger partial charge in [-0.3, -0.25) is 9.89 Å². The number of hydrogen-bond acceptors (Lipinski definition) is 3. The molecule has 0 amide bonds. The summed E-state index contributed by atoms with van der Waals surface area (Å²) < 4.78 is 0. The van der Waals surface area contributed by atoms with Gasteiger partial charge in [0.15, 0.2) is 0 Å². The van der Waals surface area contributed by atoms with Crippen molar-refractivity contribution >= 4 is 6.21 Å². The molecule has 0 aliphatic carbocycles. The zero-order valence-electron chi connectivity index (χ0n) is 14.8. The molecule has 0 aromatic carbocycles. The summed E-state index contributed by atoms with van der Waals surface area (Å²) in [6, 6.07) is 0. The number of rotatable bonds is 13. The zero-order valence-corrected chi connectivity index (χ0v) is 14.8. The zero-order chi connectivity index (χ0) is 16.0. The maximum absolute atomic E-state index is 5.96. The molecule has 2 atom stereocenters. The van der Waals surface area contributed by atoms with Crippen molar-refractivity contribution in [2.24, 2.45) is 10.7 Å². The van der Waals surface area contributed by atoms with E-state index in [1.807, 2.05) is 6.21 Å². The molecule has 0 aromatic rings. The van der Waals surface area contributed by atoms with Gasteiger partial charge in [0.2, 0.25) is 0 Å². The highest BCUT2D eigenvalue weighted by Crippen LogP contribution is 2.16. The summed E-state index contributed by atoms with van der Waals surface area (Å²) >= 11 is 0. The summed E-state index contributed by atoms with van der Waals surface area (Å²) in [5.41, 5.74) is 5.96. The molecule has 2 unspecified atom stereocenters. The van der Waals surface area contributed by atoms with Gasteiger partial charge in [0.05, 0.1) is 6.17 Å². The van der Waals surface area contributed by atoms with E-state index in [4.69, 9.17) is 5.73 Å². The molecule has 3 heteroatoms. The number of unbranched alkanes of at least 4 members (excludes halogenated alkanes) is 8. The monoisotopic (exact) mass is 307 g/mol. The average Bonchev–Trinajstić information content (AvgIpc) is 2.97. The Hall–Kier alpha value is -0.670. The van der Waals surface area contributed by atoms with Gasteiger partial charge in [-0.05, 0) is 45.4 Å². The van der Waals surface area contributed by atoms with Gasteiger partial charge < -0.3 is 5.73 Å². The van der Waals surface area contributed by atoms with Gasteiger partial charge in [0, 0.05) is 12.8 Å². The molecular weight excluding hydrogens is 270 g/mol. The predicted octanol–water partition coefficient (Wildman–Crippen LogP) is 4.87. The van der Waals surface area contributed by atoms with Gasteiger partial charge in [-0.25, -0.2) is 0 Å². The Morgan fingerprint density at radius 2 is 1.73 bits per heavy atom. The first-order valence-corrected chi connectivity index (χ1v) is 9.43. The third kappa shape index (κ3) is 8.70. The van der Waals surface area contributed by atoms with Crippen molar-refractivity contribution in [2.75, 3.05) is 6.54 Å². The number of nitrogens with two attached hydrogens (primary N) is 1. The second-order valence-corrected chi connectivity index (χ2v) is 6.56. The number of nitrogens with zero attached hydrogens (tertiary/aromatic N) is 2. The molecule has 0 radical (unpaired) electrons. The molecule has 1 aliphatic heterocycles. The van der Waals surface area contributed by atoms with E-state index in [0.717, 1.165) is 13.0 Å². The highest BCUT2D eigenvalue weighted by molar-refractivity contribution is 5.62. The first-order chi connectivity index (χ1) is 10.8. The van der Waals surface area contributed by atoms with Crippen LogP contribution in [0.2, 0.25) is 0 Å². The Bertz CT molecular complexity index is 310. The summed E-state index contributed by atoms with van der Waals surface area (Å²) in [6.45, 7) is 5.24. The average molecular weight is 308 g/mol. The lowest BCUT2D eigenvalue weighted by Gasteiger charge is -2.26. The topological polar surface area (TPSA) is 41.6 Å². The fourth-order valence-electron chi connectivity index (χ4n) is 3.02. The maximum Gasteiger partial charge on any atom is 0.103 e. The smallest absolute Gasteiger partial charge is 0.103 e. The van der Waals surface area contributed by atoms with E-state index in [0.29, 0.717) is 6.17 Å². The van der Waals surface area contributed by atoms with Crippen LogP contribution in [-0.4, -0.2) is 30.0 Å². The highest BCUT2D eigenvalue weighted by atomic mass is 15.3. The van der Waals surface area contributed by atoms with Crippen LogP contribution in [0.25, 0.3) is 0 Å². The molecule has 0 saturated heterocycles. The summed E-state index contributed by atoms with van der Waals surface area (Å²) in [4.78, 5) is 6.81. The minimum Gasteiger partial charge on any atom is -0.316 e. The van der Waals surface area contributed by atoms with E-state index in [-0.39, 0.29) is 6.17 Å². The van der Waals surface area contributed by atoms with Crippen LogP contribution in [0, 0.1) is 0 Å². The van der Waals surface area contributed by atoms with Crippen molar-refractivity contribution in [3.05, 3.63) is 12.2 Å². The van der Waals surface area contributed by atoms with Crippen molar-refractivity contribution < 1.29 is 0 Å². The van der Waals surface area contributed by atoms with Crippen LogP contribution < -0.4 is 5.73 Å². The van der Waals surface area contributed by atoms with E-state index in [2.05, 4.69) is 35.9 Å². The highest BCUT2D eigenvalue weighted by Gasteiger charge is 2.22. The predicted molar refractivity (Wildman–Crippen MR) is 98.2 cm³/mol. The molecule has 22 heavy (non-hydrogen) atoms. The molecule has 3 nitrogen and oxygen atoms in total. The SMILES string of the molecule is CCCCCCC/C=C/CCCCCC1N=CCN1C(C)N. The van der Waals surface area contributed by atoms with Crippen LogP contribution >= 0.6 is 0 Å². The van der Waals surface area contributed by atoms with Crippen LogP contribution in [0.15, 0.2) is 17.1 Å². The van der Waals surface area contributed by atoms with Gasteiger partial charge >= 0.3 is 0 Å². The lowest BCUT2D eigenvalue weighted by Crippen LogP contribution is -2.43. The fourth-order valence-corrected chi connectivity index (χ4v) is 3.02. The molecule has 0 saturated carbocycles. The van der Waals surface area contributed by atoms with Crippen LogP contribution in [0.3, 0.4) is 0 Å². The molecule has 1 rings (SSSR count). The standard InChI is InChI=1S/C19H37N3/c1-3-4-5-6-7-8-9-10-11-12-13-14-15-19-21-16-17-22(19)18(2)20/h9-10,16,18-19H,3-8,11-15,17,20H2,1-2H3/b10-9+. The first-order valence-electron chi connectivity index (χ1n) is 9.43. The maximum atomic E-state index is 5.96. The van der Waals surface area contributed by atoms with E-state index < -0.39 is 0 Å².